The predicted molar refractivity (Wildman–Crippen MR) is 84.8 cm³/mol. The van der Waals surface area contributed by atoms with Crippen molar-refractivity contribution in [3.05, 3.63) is 59.1 Å². The van der Waals surface area contributed by atoms with Crippen LogP contribution in [0, 0.1) is 12.7 Å². The Bertz CT molecular complexity index is 721. The molecule has 0 saturated heterocycles. The minimum absolute atomic E-state index is 0.0648. The summed E-state index contributed by atoms with van der Waals surface area (Å²) in [6, 6.07) is 5.49. The summed E-state index contributed by atoms with van der Waals surface area (Å²) in [7, 11) is 0. The van der Waals surface area contributed by atoms with Crippen LogP contribution < -0.4 is 10.6 Å². The molecule has 1 aromatic heterocycles. The molecule has 1 aromatic carbocycles. The SMILES string of the molecule is C=CCNc1nc(C)cc(C(=O)Nc2ccc(F)c(Cl)c2)n1. The number of carbonyl (C=O) groups excluding carboxylic acids is 1. The van der Waals surface area contributed by atoms with Crippen LogP contribution in [0.5, 0.6) is 0 Å². The number of nitrogens with one attached hydrogen (secondary N) is 2. The fraction of sp³-hybridized carbons (Fsp3) is 0.133. The predicted octanol–water partition coefficient (Wildman–Crippen LogP) is 3.43. The number of anilines is 2. The largest absolute Gasteiger partial charge is 0.351 e. The number of halogens is 2. The average Bonchev–Trinajstić information content (AvgIpc) is 2.48. The van der Waals surface area contributed by atoms with Crippen LogP contribution in [-0.2, 0) is 0 Å². The van der Waals surface area contributed by atoms with Crippen LogP contribution in [0.1, 0.15) is 16.2 Å². The standard InChI is InChI=1S/C15H14ClFN4O/c1-3-6-18-15-19-9(2)7-13(21-15)14(22)20-10-4-5-12(17)11(16)8-10/h3-5,7-8H,1,6H2,2H3,(H,20,22)(H,18,19,21). The highest BCUT2D eigenvalue weighted by Crippen LogP contribution is 2.20. The highest BCUT2D eigenvalue weighted by Gasteiger charge is 2.11. The van der Waals surface area contributed by atoms with E-state index >= 15 is 0 Å². The van der Waals surface area contributed by atoms with E-state index in [2.05, 4.69) is 27.2 Å². The third-order valence-electron chi connectivity index (χ3n) is 2.67. The summed E-state index contributed by atoms with van der Waals surface area (Å²) in [5, 5.41) is 5.46. The Labute approximate surface area is 132 Å². The van der Waals surface area contributed by atoms with Crippen LogP contribution in [-0.4, -0.2) is 22.4 Å². The molecule has 2 rings (SSSR count). The zero-order valence-electron chi connectivity index (χ0n) is 11.9. The third-order valence-corrected chi connectivity index (χ3v) is 2.96. The Morgan fingerprint density at radius 2 is 2.18 bits per heavy atom. The number of nitrogens with zero attached hydrogens (tertiary/aromatic N) is 2. The van der Waals surface area contributed by atoms with Crippen molar-refractivity contribution >= 4 is 29.1 Å². The molecular formula is C15H14ClFN4O. The maximum Gasteiger partial charge on any atom is 0.274 e. The summed E-state index contributed by atoms with van der Waals surface area (Å²) < 4.78 is 13.1. The van der Waals surface area contributed by atoms with Gasteiger partial charge in [0.2, 0.25) is 5.95 Å². The molecule has 1 heterocycles. The Balaban J connectivity index is 2.19. The first kappa shape index (κ1) is 15.9. The zero-order chi connectivity index (χ0) is 16.1. The number of rotatable bonds is 5. The Hall–Kier alpha value is -2.47. The summed E-state index contributed by atoms with van der Waals surface area (Å²) in [5.41, 5.74) is 1.22. The lowest BCUT2D eigenvalue weighted by molar-refractivity contribution is 0.102. The number of aryl methyl sites for hydroxylation is 1. The first-order chi connectivity index (χ1) is 10.5. The Morgan fingerprint density at radius 1 is 1.41 bits per heavy atom. The van der Waals surface area contributed by atoms with Crippen molar-refractivity contribution in [2.45, 2.75) is 6.92 Å². The van der Waals surface area contributed by atoms with Gasteiger partial charge in [-0.25, -0.2) is 14.4 Å². The van der Waals surface area contributed by atoms with Crippen LogP contribution in [0.15, 0.2) is 36.9 Å². The molecule has 2 N–H and O–H groups in total. The second-order valence-electron chi connectivity index (χ2n) is 4.47. The number of aromatic nitrogens is 2. The topological polar surface area (TPSA) is 66.9 Å². The number of benzene rings is 1. The highest BCUT2D eigenvalue weighted by atomic mass is 35.5. The van der Waals surface area contributed by atoms with Crippen molar-refractivity contribution in [3.8, 4) is 0 Å². The molecule has 1 amide bonds. The smallest absolute Gasteiger partial charge is 0.274 e. The van der Waals surface area contributed by atoms with E-state index in [0.717, 1.165) is 0 Å². The monoisotopic (exact) mass is 320 g/mol. The van der Waals surface area contributed by atoms with Gasteiger partial charge >= 0.3 is 0 Å². The number of amides is 1. The van der Waals surface area contributed by atoms with E-state index in [-0.39, 0.29) is 10.7 Å². The maximum absolute atomic E-state index is 13.1. The molecular weight excluding hydrogens is 307 g/mol. The van der Waals surface area contributed by atoms with E-state index in [4.69, 9.17) is 11.6 Å². The average molecular weight is 321 g/mol. The fourth-order valence-electron chi connectivity index (χ4n) is 1.70. The van der Waals surface area contributed by atoms with Crippen molar-refractivity contribution in [3.63, 3.8) is 0 Å². The summed E-state index contributed by atoms with van der Waals surface area (Å²) >= 11 is 5.68. The van der Waals surface area contributed by atoms with E-state index in [0.29, 0.717) is 23.9 Å². The van der Waals surface area contributed by atoms with Gasteiger partial charge in [-0.1, -0.05) is 17.7 Å². The molecule has 5 nitrogen and oxygen atoms in total. The third kappa shape index (κ3) is 4.02. The first-order valence-corrected chi connectivity index (χ1v) is 6.84. The number of hydrogen-bond acceptors (Lipinski definition) is 4. The molecule has 7 heteroatoms. The van der Waals surface area contributed by atoms with Gasteiger partial charge in [-0.15, -0.1) is 6.58 Å². The van der Waals surface area contributed by atoms with Gasteiger partial charge in [0.1, 0.15) is 11.5 Å². The van der Waals surface area contributed by atoms with Crippen LogP contribution in [0.25, 0.3) is 0 Å². The minimum atomic E-state index is -0.548. The summed E-state index contributed by atoms with van der Waals surface area (Å²) in [6.45, 7) is 5.83. The highest BCUT2D eigenvalue weighted by molar-refractivity contribution is 6.31. The maximum atomic E-state index is 13.1. The molecule has 22 heavy (non-hydrogen) atoms. The molecule has 0 aliphatic rings. The van der Waals surface area contributed by atoms with E-state index in [1.54, 1.807) is 19.1 Å². The summed E-state index contributed by atoms with van der Waals surface area (Å²) in [6.07, 6.45) is 1.66. The fourth-order valence-corrected chi connectivity index (χ4v) is 1.88. The normalized spacial score (nSPS) is 10.1. The van der Waals surface area contributed by atoms with Crippen molar-refractivity contribution in [1.82, 2.24) is 9.97 Å². The Morgan fingerprint density at radius 3 is 2.86 bits per heavy atom. The second kappa shape index (κ2) is 7.00. The Kier molecular flexibility index (Phi) is 5.06. The molecule has 0 fully saturated rings. The van der Waals surface area contributed by atoms with Gasteiger partial charge in [0.15, 0.2) is 0 Å². The summed E-state index contributed by atoms with van der Waals surface area (Å²) in [4.78, 5) is 20.5. The second-order valence-corrected chi connectivity index (χ2v) is 4.88. The minimum Gasteiger partial charge on any atom is -0.351 e. The van der Waals surface area contributed by atoms with Gasteiger partial charge in [0.25, 0.3) is 5.91 Å². The van der Waals surface area contributed by atoms with Crippen molar-refractivity contribution in [1.29, 1.82) is 0 Å². The van der Waals surface area contributed by atoms with Crippen LogP contribution in [0.4, 0.5) is 16.0 Å². The molecule has 114 valence electrons. The quantitative estimate of drug-likeness (QED) is 0.828. The molecule has 0 radical (unpaired) electrons. The molecule has 0 spiro atoms. The van der Waals surface area contributed by atoms with Gasteiger partial charge < -0.3 is 10.6 Å². The molecule has 0 aliphatic carbocycles. The summed E-state index contributed by atoms with van der Waals surface area (Å²) in [5.74, 6) is -0.648. The molecule has 2 aromatic rings. The van der Waals surface area contributed by atoms with Gasteiger partial charge in [0, 0.05) is 17.9 Å². The molecule has 0 saturated carbocycles. The lowest BCUT2D eigenvalue weighted by atomic mass is 10.2. The lowest BCUT2D eigenvalue weighted by Gasteiger charge is -2.08. The molecule has 0 aliphatic heterocycles. The first-order valence-electron chi connectivity index (χ1n) is 6.46. The van der Waals surface area contributed by atoms with Crippen molar-refractivity contribution < 1.29 is 9.18 Å². The van der Waals surface area contributed by atoms with Gasteiger partial charge in [0.05, 0.1) is 5.02 Å². The molecule has 0 unspecified atom stereocenters. The van der Waals surface area contributed by atoms with Crippen molar-refractivity contribution in [2.24, 2.45) is 0 Å². The van der Waals surface area contributed by atoms with Crippen LogP contribution in [0.3, 0.4) is 0 Å². The number of hydrogen-bond donors (Lipinski definition) is 2. The van der Waals surface area contributed by atoms with Crippen LogP contribution in [0.2, 0.25) is 5.02 Å². The molecule has 0 atom stereocenters. The van der Waals surface area contributed by atoms with E-state index in [1.807, 2.05) is 0 Å². The van der Waals surface area contributed by atoms with Crippen LogP contribution >= 0.6 is 11.6 Å². The van der Waals surface area contributed by atoms with Gasteiger partial charge in [-0.2, -0.15) is 0 Å². The lowest BCUT2D eigenvalue weighted by Crippen LogP contribution is -2.16. The molecule has 0 bridgehead atoms. The zero-order valence-corrected chi connectivity index (χ0v) is 12.6. The van der Waals surface area contributed by atoms with Gasteiger partial charge in [-0.3, -0.25) is 4.79 Å². The van der Waals surface area contributed by atoms with Crippen molar-refractivity contribution in [2.75, 3.05) is 17.2 Å². The van der Waals surface area contributed by atoms with Gasteiger partial charge in [-0.05, 0) is 31.2 Å². The van der Waals surface area contributed by atoms with E-state index in [9.17, 15) is 9.18 Å². The number of carbonyl (C=O) groups is 1. The van der Waals surface area contributed by atoms with E-state index in [1.165, 1.54) is 18.2 Å². The van der Waals surface area contributed by atoms with E-state index < -0.39 is 11.7 Å².